The third kappa shape index (κ3) is 8.39. The number of aromatic nitrogens is 2. The highest BCUT2D eigenvalue weighted by atomic mass is 16.2. The first kappa shape index (κ1) is 25.4. The molecule has 0 saturated carbocycles. The van der Waals surface area contributed by atoms with Gasteiger partial charge in [-0.25, -0.2) is 0 Å². The van der Waals surface area contributed by atoms with Gasteiger partial charge < -0.3 is 10.2 Å². The van der Waals surface area contributed by atoms with E-state index in [0.29, 0.717) is 17.9 Å². The van der Waals surface area contributed by atoms with Crippen molar-refractivity contribution in [1.82, 2.24) is 20.4 Å². The Hall–Kier alpha value is -2.63. The zero-order valence-electron chi connectivity index (χ0n) is 19.7. The maximum absolute atomic E-state index is 12.6. The van der Waals surface area contributed by atoms with Crippen LogP contribution in [0.2, 0.25) is 0 Å². The summed E-state index contributed by atoms with van der Waals surface area (Å²) >= 11 is 0. The number of hydrogen-bond donors (Lipinski definition) is 2. The fraction of sp³-hybridized carbons (Fsp3) is 0.542. The number of amides is 2. The minimum Gasteiger partial charge on any atom is -0.350 e. The molecule has 166 valence electrons. The average molecular weight is 415 g/mol. The van der Waals surface area contributed by atoms with Crippen molar-refractivity contribution in [1.29, 1.82) is 0 Å². The number of carbonyl (C=O) groups excluding carboxylic acids is 2. The Labute approximate surface area is 181 Å². The molecule has 2 amide bonds. The van der Waals surface area contributed by atoms with Crippen molar-refractivity contribution in [3.63, 3.8) is 0 Å². The van der Waals surface area contributed by atoms with Crippen LogP contribution in [0.1, 0.15) is 65.9 Å². The minimum atomic E-state index is -0.479. The largest absolute Gasteiger partial charge is 0.350 e. The zero-order valence-corrected chi connectivity index (χ0v) is 19.7. The fourth-order valence-corrected chi connectivity index (χ4v) is 2.61. The van der Waals surface area contributed by atoms with Gasteiger partial charge in [-0.05, 0) is 31.7 Å². The summed E-state index contributed by atoms with van der Waals surface area (Å²) in [6, 6.07) is 10.8. The normalized spacial score (nSPS) is 18.2. The predicted molar refractivity (Wildman–Crippen MR) is 123 cm³/mol. The number of benzene rings is 1. The molecule has 0 bridgehead atoms. The molecule has 1 saturated heterocycles. The molecule has 1 aromatic carbocycles. The first-order valence-corrected chi connectivity index (χ1v) is 10.7. The van der Waals surface area contributed by atoms with Gasteiger partial charge in [-0.2, -0.15) is 5.10 Å². The van der Waals surface area contributed by atoms with Crippen LogP contribution in [0.25, 0.3) is 11.3 Å². The van der Waals surface area contributed by atoms with Crippen LogP contribution in [-0.4, -0.2) is 45.5 Å². The SMILES string of the molecule is CC(C)C.CC(C)C.CC1CN(C(=O)c2cc(-c3ccccc3)n[nH]2)C(C)C(=O)N1. The lowest BCUT2D eigenvalue weighted by Gasteiger charge is -2.36. The van der Waals surface area contributed by atoms with Crippen LogP contribution in [0.5, 0.6) is 0 Å². The molecule has 2 heterocycles. The minimum absolute atomic E-state index is 0.0517. The lowest BCUT2D eigenvalue weighted by atomic mass is 10.1. The summed E-state index contributed by atoms with van der Waals surface area (Å²) in [5, 5.41) is 9.81. The third-order valence-corrected chi connectivity index (χ3v) is 3.84. The summed E-state index contributed by atoms with van der Waals surface area (Å²) in [7, 11) is 0. The molecule has 0 radical (unpaired) electrons. The van der Waals surface area contributed by atoms with E-state index in [9.17, 15) is 9.59 Å². The molecular weight excluding hydrogens is 376 g/mol. The number of hydrogen-bond acceptors (Lipinski definition) is 3. The first-order valence-electron chi connectivity index (χ1n) is 10.7. The summed E-state index contributed by atoms with van der Waals surface area (Å²) in [6.07, 6.45) is 0. The van der Waals surface area contributed by atoms with Gasteiger partial charge in [0.25, 0.3) is 5.91 Å². The lowest BCUT2D eigenvalue weighted by Crippen LogP contribution is -2.59. The molecule has 6 nitrogen and oxygen atoms in total. The summed E-state index contributed by atoms with van der Waals surface area (Å²) in [5.41, 5.74) is 2.05. The van der Waals surface area contributed by atoms with E-state index < -0.39 is 6.04 Å². The van der Waals surface area contributed by atoms with Gasteiger partial charge in [0.1, 0.15) is 11.7 Å². The number of nitrogens with zero attached hydrogens (tertiary/aromatic N) is 2. The monoisotopic (exact) mass is 414 g/mol. The highest BCUT2D eigenvalue weighted by Crippen LogP contribution is 2.19. The highest BCUT2D eigenvalue weighted by molar-refractivity contribution is 5.97. The molecule has 1 aromatic heterocycles. The number of aromatic amines is 1. The Bertz CT molecular complexity index is 772. The van der Waals surface area contributed by atoms with Crippen molar-refractivity contribution in [2.75, 3.05) is 6.54 Å². The van der Waals surface area contributed by atoms with Gasteiger partial charge >= 0.3 is 0 Å². The number of H-pyrrole nitrogens is 1. The van der Waals surface area contributed by atoms with Gasteiger partial charge in [-0.15, -0.1) is 0 Å². The second-order valence-corrected chi connectivity index (χ2v) is 9.04. The Kier molecular flexibility index (Phi) is 10.3. The summed E-state index contributed by atoms with van der Waals surface area (Å²) in [4.78, 5) is 26.0. The number of rotatable bonds is 2. The van der Waals surface area contributed by atoms with Crippen molar-refractivity contribution < 1.29 is 9.59 Å². The van der Waals surface area contributed by atoms with E-state index in [4.69, 9.17) is 0 Å². The number of carbonyl (C=O) groups is 2. The zero-order chi connectivity index (χ0) is 22.8. The van der Waals surface area contributed by atoms with Crippen LogP contribution in [-0.2, 0) is 4.79 Å². The second-order valence-electron chi connectivity index (χ2n) is 9.04. The van der Waals surface area contributed by atoms with E-state index in [-0.39, 0.29) is 17.9 Å². The fourth-order valence-electron chi connectivity index (χ4n) is 2.61. The van der Waals surface area contributed by atoms with Crippen molar-refractivity contribution in [2.24, 2.45) is 11.8 Å². The number of nitrogens with one attached hydrogen (secondary N) is 2. The maximum atomic E-state index is 12.6. The average Bonchev–Trinajstić information content (AvgIpc) is 3.14. The van der Waals surface area contributed by atoms with Crippen molar-refractivity contribution in [3.05, 3.63) is 42.1 Å². The molecule has 1 fully saturated rings. The summed E-state index contributed by atoms with van der Waals surface area (Å²) < 4.78 is 0. The standard InChI is InChI=1S/C16H18N4O2.2C4H10/c1-10-9-20(11(2)15(21)17-10)16(22)14-8-13(18-19-14)12-6-4-3-5-7-12;2*1-4(2)3/h3-8,10-11H,9H2,1-2H3,(H,17,21)(H,18,19);2*4H,1-3H3. The Balaban J connectivity index is 0.000000485. The van der Waals surface area contributed by atoms with Gasteiger partial charge in [0, 0.05) is 18.2 Å². The highest BCUT2D eigenvalue weighted by Gasteiger charge is 2.33. The number of piperazine rings is 1. The van der Waals surface area contributed by atoms with Crippen LogP contribution in [0.4, 0.5) is 0 Å². The van der Waals surface area contributed by atoms with Crippen LogP contribution >= 0.6 is 0 Å². The van der Waals surface area contributed by atoms with E-state index >= 15 is 0 Å². The maximum Gasteiger partial charge on any atom is 0.272 e. The topological polar surface area (TPSA) is 78.1 Å². The quantitative estimate of drug-likeness (QED) is 0.744. The first-order chi connectivity index (χ1) is 14.0. The molecule has 0 aliphatic carbocycles. The van der Waals surface area contributed by atoms with Gasteiger partial charge in [0.05, 0.1) is 5.69 Å². The van der Waals surface area contributed by atoms with E-state index in [1.165, 1.54) is 0 Å². The molecule has 2 unspecified atom stereocenters. The summed E-state index contributed by atoms with van der Waals surface area (Å²) in [6.45, 7) is 17.1. The molecule has 1 aliphatic heterocycles. The van der Waals surface area contributed by atoms with Crippen molar-refractivity contribution >= 4 is 11.8 Å². The Morgan fingerprint density at radius 2 is 1.57 bits per heavy atom. The van der Waals surface area contributed by atoms with E-state index in [0.717, 1.165) is 17.4 Å². The van der Waals surface area contributed by atoms with Crippen molar-refractivity contribution in [3.8, 4) is 11.3 Å². The molecule has 0 spiro atoms. The van der Waals surface area contributed by atoms with Crippen LogP contribution < -0.4 is 5.32 Å². The van der Waals surface area contributed by atoms with Gasteiger partial charge in [-0.3, -0.25) is 14.7 Å². The smallest absolute Gasteiger partial charge is 0.272 e. The van der Waals surface area contributed by atoms with Crippen LogP contribution in [0.3, 0.4) is 0 Å². The van der Waals surface area contributed by atoms with E-state index in [2.05, 4.69) is 57.1 Å². The van der Waals surface area contributed by atoms with Gasteiger partial charge in [0.15, 0.2) is 0 Å². The molecular formula is C24H38N4O2. The van der Waals surface area contributed by atoms with E-state index in [1.54, 1.807) is 17.9 Å². The van der Waals surface area contributed by atoms with Gasteiger partial charge in [0.2, 0.25) is 5.91 Å². The molecule has 2 N–H and O–H groups in total. The molecule has 2 aromatic rings. The predicted octanol–water partition coefficient (Wildman–Crippen LogP) is 4.75. The Morgan fingerprint density at radius 1 is 1.03 bits per heavy atom. The Morgan fingerprint density at radius 3 is 2.10 bits per heavy atom. The second kappa shape index (κ2) is 12.2. The van der Waals surface area contributed by atoms with Crippen molar-refractivity contribution in [2.45, 2.75) is 67.5 Å². The third-order valence-electron chi connectivity index (χ3n) is 3.84. The molecule has 2 atom stereocenters. The molecule has 6 heteroatoms. The van der Waals surface area contributed by atoms with Gasteiger partial charge in [-0.1, -0.05) is 71.9 Å². The summed E-state index contributed by atoms with van der Waals surface area (Å²) in [5.74, 6) is 1.33. The molecule has 30 heavy (non-hydrogen) atoms. The van der Waals surface area contributed by atoms with Crippen LogP contribution in [0, 0.1) is 11.8 Å². The lowest BCUT2D eigenvalue weighted by molar-refractivity contribution is -0.128. The molecule has 1 aliphatic rings. The molecule has 3 rings (SSSR count). The van der Waals surface area contributed by atoms with Crippen LogP contribution in [0.15, 0.2) is 36.4 Å². The van der Waals surface area contributed by atoms with E-state index in [1.807, 2.05) is 37.3 Å².